The predicted molar refractivity (Wildman–Crippen MR) is 44.8 cm³/mol. The summed E-state index contributed by atoms with van der Waals surface area (Å²) in [6, 6.07) is 5.22. The number of carbonyl (C=O) groups is 1. The second kappa shape index (κ2) is 3.91. The van der Waals surface area contributed by atoms with Gasteiger partial charge in [0.25, 0.3) is 0 Å². The van der Waals surface area contributed by atoms with Crippen LogP contribution in [0.3, 0.4) is 0 Å². The lowest BCUT2D eigenvalue weighted by atomic mass is 10.1. The van der Waals surface area contributed by atoms with Gasteiger partial charge in [-0.1, -0.05) is 12.1 Å². The fourth-order valence-electron chi connectivity index (χ4n) is 0.969. The van der Waals surface area contributed by atoms with Crippen LogP contribution in [0.2, 0.25) is 0 Å². The number of carbonyl (C=O) groups excluding carboxylic acids is 1. The van der Waals surface area contributed by atoms with Crippen molar-refractivity contribution in [3.8, 4) is 5.75 Å². The third-order valence-corrected chi connectivity index (χ3v) is 1.69. The summed E-state index contributed by atoms with van der Waals surface area (Å²) in [7, 11) is 0. The van der Waals surface area contributed by atoms with Crippen LogP contribution in [-0.4, -0.2) is 17.1 Å². The molecule has 0 fully saturated rings. The van der Waals surface area contributed by atoms with E-state index in [0.29, 0.717) is 0 Å². The number of aromatic hydroxyl groups is 1. The van der Waals surface area contributed by atoms with Crippen LogP contribution in [0.4, 0.5) is 0 Å². The first-order valence-corrected chi connectivity index (χ1v) is 3.84. The number of aliphatic carboxylic acids is 1. The SMILES string of the molecule is NC(Cc1ccc(O)cc1)C(=O)[O-]. The van der Waals surface area contributed by atoms with Crippen LogP contribution >= 0.6 is 0 Å². The minimum Gasteiger partial charge on any atom is -0.548 e. The van der Waals surface area contributed by atoms with Gasteiger partial charge in [-0.2, -0.15) is 0 Å². The topological polar surface area (TPSA) is 86.4 Å². The zero-order chi connectivity index (χ0) is 9.84. The summed E-state index contributed by atoms with van der Waals surface area (Å²) in [5.74, 6) is -1.13. The van der Waals surface area contributed by atoms with Gasteiger partial charge in [0.2, 0.25) is 0 Å². The van der Waals surface area contributed by atoms with Gasteiger partial charge in [0.05, 0.1) is 5.97 Å². The maximum Gasteiger partial charge on any atom is 0.115 e. The number of nitrogens with two attached hydrogens (primary N) is 1. The maximum atomic E-state index is 10.3. The number of carboxylic acid groups (broad SMARTS) is 1. The van der Waals surface area contributed by atoms with Crippen molar-refractivity contribution in [1.29, 1.82) is 0 Å². The van der Waals surface area contributed by atoms with Crippen molar-refractivity contribution in [1.82, 2.24) is 0 Å². The molecule has 0 saturated carbocycles. The highest BCUT2D eigenvalue weighted by Gasteiger charge is 2.04. The van der Waals surface area contributed by atoms with Crippen LogP contribution in [0.5, 0.6) is 5.75 Å². The van der Waals surface area contributed by atoms with E-state index in [0.717, 1.165) is 5.56 Å². The summed E-state index contributed by atoms with van der Waals surface area (Å²) in [6.45, 7) is 0. The molecule has 0 bridgehead atoms. The minimum absolute atomic E-state index is 0.144. The molecule has 1 aromatic carbocycles. The van der Waals surface area contributed by atoms with Crippen molar-refractivity contribution in [2.24, 2.45) is 5.73 Å². The molecule has 0 radical (unpaired) electrons. The van der Waals surface area contributed by atoms with E-state index in [1.807, 2.05) is 0 Å². The predicted octanol–water partition coefficient (Wildman–Crippen LogP) is -0.988. The molecule has 1 aromatic rings. The highest BCUT2D eigenvalue weighted by molar-refractivity contribution is 5.71. The Balaban J connectivity index is 2.64. The Kier molecular flexibility index (Phi) is 2.87. The Labute approximate surface area is 75.6 Å². The highest BCUT2D eigenvalue weighted by atomic mass is 16.4. The van der Waals surface area contributed by atoms with Crippen molar-refractivity contribution in [2.75, 3.05) is 0 Å². The molecule has 0 aromatic heterocycles. The van der Waals surface area contributed by atoms with Crippen LogP contribution in [0, 0.1) is 0 Å². The van der Waals surface area contributed by atoms with Gasteiger partial charge in [-0.15, -0.1) is 0 Å². The first-order chi connectivity index (χ1) is 6.09. The van der Waals surface area contributed by atoms with Crippen molar-refractivity contribution in [2.45, 2.75) is 12.5 Å². The summed E-state index contributed by atoms with van der Waals surface area (Å²) in [5.41, 5.74) is 6.02. The standard InChI is InChI=1S/C9H11NO3/c10-8(9(12)13)5-6-1-3-7(11)4-2-6/h1-4,8,11H,5,10H2,(H,12,13)/p-1. The summed E-state index contributed by atoms with van der Waals surface area (Å²) in [6.07, 6.45) is 0.211. The van der Waals surface area contributed by atoms with E-state index in [1.54, 1.807) is 12.1 Å². The van der Waals surface area contributed by atoms with Crippen LogP contribution in [0.25, 0.3) is 0 Å². The molecular weight excluding hydrogens is 170 g/mol. The normalized spacial score (nSPS) is 12.4. The first-order valence-electron chi connectivity index (χ1n) is 3.84. The van der Waals surface area contributed by atoms with Gasteiger partial charge in [-0.3, -0.25) is 0 Å². The van der Waals surface area contributed by atoms with Gasteiger partial charge < -0.3 is 20.7 Å². The second-order valence-electron chi connectivity index (χ2n) is 2.80. The van der Waals surface area contributed by atoms with Gasteiger partial charge in [0.15, 0.2) is 0 Å². The van der Waals surface area contributed by atoms with Gasteiger partial charge in [-0.25, -0.2) is 0 Å². The molecule has 4 heteroatoms. The quantitative estimate of drug-likeness (QED) is 0.625. The largest absolute Gasteiger partial charge is 0.548 e. The first kappa shape index (κ1) is 9.54. The molecule has 4 nitrogen and oxygen atoms in total. The lowest BCUT2D eigenvalue weighted by molar-refractivity contribution is -0.307. The van der Waals surface area contributed by atoms with Crippen molar-refractivity contribution in [3.63, 3.8) is 0 Å². The van der Waals surface area contributed by atoms with E-state index in [9.17, 15) is 9.90 Å². The molecule has 0 spiro atoms. The molecule has 70 valence electrons. The Bertz CT molecular complexity index is 294. The monoisotopic (exact) mass is 180 g/mol. The number of hydrogen-bond donors (Lipinski definition) is 2. The molecule has 1 atom stereocenters. The van der Waals surface area contributed by atoms with E-state index < -0.39 is 12.0 Å². The summed E-state index contributed by atoms with van der Waals surface area (Å²) in [4.78, 5) is 10.3. The van der Waals surface area contributed by atoms with E-state index >= 15 is 0 Å². The summed E-state index contributed by atoms with van der Waals surface area (Å²) in [5, 5.41) is 19.2. The number of phenols is 1. The third kappa shape index (κ3) is 2.76. The highest BCUT2D eigenvalue weighted by Crippen LogP contribution is 2.10. The zero-order valence-electron chi connectivity index (χ0n) is 6.93. The number of hydrogen-bond acceptors (Lipinski definition) is 4. The molecule has 0 aliphatic carbocycles. The molecule has 0 aliphatic heterocycles. The van der Waals surface area contributed by atoms with Crippen LogP contribution in [0.15, 0.2) is 24.3 Å². The molecule has 0 aliphatic rings. The number of rotatable bonds is 3. The summed E-state index contributed by atoms with van der Waals surface area (Å²) < 4.78 is 0. The molecule has 1 rings (SSSR count). The zero-order valence-corrected chi connectivity index (χ0v) is 6.93. The number of carboxylic acids is 1. The van der Waals surface area contributed by atoms with E-state index in [2.05, 4.69) is 0 Å². The van der Waals surface area contributed by atoms with Gasteiger partial charge in [-0.05, 0) is 24.1 Å². The third-order valence-electron chi connectivity index (χ3n) is 1.69. The molecule has 0 amide bonds. The molecule has 0 saturated heterocycles. The Hall–Kier alpha value is -1.55. The Morgan fingerprint density at radius 1 is 1.46 bits per heavy atom. The maximum absolute atomic E-state index is 10.3. The van der Waals surface area contributed by atoms with Crippen molar-refractivity contribution < 1.29 is 15.0 Å². The fourth-order valence-corrected chi connectivity index (χ4v) is 0.969. The lowest BCUT2D eigenvalue weighted by Gasteiger charge is -2.11. The number of phenolic OH excluding ortho intramolecular Hbond substituents is 1. The minimum atomic E-state index is -1.27. The van der Waals surface area contributed by atoms with E-state index in [4.69, 9.17) is 10.8 Å². The van der Waals surface area contributed by atoms with Crippen LogP contribution < -0.4 is 10.8 Å². The van der Waals surface area contributed by atoms with Gasteiger partial charge in [0, 0.05) is 6.04 Å². The summed E-state index contributed by atoms with van der Waals surface area (Å²) >= 11 is 0. The smallest absolute Gasteiger partial charge is 0.115 e. The second-order valence-corrected chi connectivity index (χ2v) is 2.80. The van der Waals surface area contributed by atoms with Crippen LogP contribution in [-0.2, 0) is 11.2 Å². The Morgan fingerprint density at radius 2 is 2.00 bits per heavy atom. The van der Waals surface area contributed by atoms with Gasteiger partial charge in [0.1, 0.15) is 5.75 Å². The molecule has 13 heavy (non-hydrogen) atoms. The van der Waals surface area contributed by atoms with E-state index in [1.165, 1.54) is 12.1 Å². The van der Waals surface area contributed by atoms with Gasteiger partial charge >= 0.3 is 0 Å². The average Bonchev–Trinajstić information content (AvgIpc) is 2.08. The van der Waals surface area contributed by atoms with Crippen LogP contribution in [0.1, 0.15) is 5.56 Å². The average molecular weight is 180 g/mol. The fraction of sp³-hybridized carbons (Fsp3) is 0.222. The molecular formula is C9H10NO3-. The number of benzene rings is 1. The van der Waals surface area contributed by atoms with E-state index in [-0.39, 0.29) is 12.2 Å². The molecule has 0 heterocycles. The Morgan fingerprint density at radius 3 is 2.46 bits per heavy atom. The van der Waals surface area contributed by atoms with Crippen molar-refractivity contribution in [3.05, 3.63) is 29.8 Å². The van der Waals surface area contributed by atoms with Crippen molar-refractivity contribution >= 4 is 5.97 Å². The molecule has 1 unspecified atom stereocenters. The molecule has 3 N–H and O–H groups in total. The lowest BCUT2D eigenvalue weighted by Crippen LogP contribution is -2.43.